The monoisotopic (exact) mass is 371 g/mol. The number of aromatic nitrogens is 1. The third-order valence-electron chi connectivity index (χ3n) is 4.61. The highest BCUT2D eigenvalue weighted by Gasteiger charge is 2.32. The number of hydrogen-bond donors (Lipinski definition) is 2. The number of carbonyl (C=O) groups excluding carboxylic acids is 2. The number of imide groups is 1. The Kier molecular flexibility index (Phi) is 3.45. The van der Waals surface area contributed by atoms with Gasteiger partial charge < -0.3 is 10.2 Å². The first-order chi connectivity index (χ1) is 12.3. The maximum atomic E-state index is 12.6. The van der Waals surface area contributed by atoms with Crippen LogP contribution in [0.2, 0.25) is 5.02 Å². The fourth-order valence-corrected chi connectivity index (χ4v) is 3.58. The fraction of sp³-hybridized carbons (Fsp3) is 0.167. The summed E-state index contributed by atoms with van der Waals surface area (Å²) in [5.74, 6) is -0.565. The first-order valence-corrected chi connectivity index (χ1v) is 8.34. The highest BCUT2D eigenvalue weighted by Crippen LogP contribution is 2.34. The van der Waals surface area contributed by atoms with Gasteiger partial charge >= 0.3 is 0 Å². The molecule has 7 nitrogen and oxygen atoms in total. The zero-order valence-corrected chi connectivity index (χ0v) is 14.7. The largest absolute Gasteiger partial charge is 0.459 e. The molecule has 132 valence electrons. The van der Waals surface area contributed by atoms with Gasteiger partial charge in [-0.2, -0.15) is 0 Å². The van der Waals surface area contributed by atoms with E-state index in [2.05, 4.69) is 5.32 Å². The molecule has 0 radical (unpaired) electrons. The minimum absolute atomic E-state index is 0.0102. The molecule has 0 saturated carbocycles. The number of rotatable bonds is 2. The average molecular weight is 372 g/mol. The molecule has 26 heavy (non-hydrogen) atoms. The lowest BCUT2D eigenvalue weighted by Crippen LogP contribution is -2.24. The van der Waals surface area contributed by atoms with Crippen molar-refractivity contribution in [2.24, 2.45) is 0 Å². The number of nitrogens with zero attached hydrogens (tertiary/aromatic N) is 1. The van der Waals surface area contributed by atoms with E-state index in [0.717, 1.165) is 22.8 Å². The molecule has 3 heterocycles. The molecule has 1 aromatic carbocycles. The van der Waals surface area contributed by atoms with Crippen LogP contribution in [-0.2, 0) is 6.42 Å². The summed E-state index contributed by atoms with van der Waals surface area (Å²) < 4.78 is 6.94. The lowest BCUT2D eigenvalue weighted by molar-refractivity contribution is 0.0880. The number of halogens is 1. The Labute approximate surface area is 152 Å². The van der Waals surface area contributed by atoms with Crippen molar-refractivity contribution in [3.8, 4) is 5.69 Å². The van der Waals surface area contributed by atoms with E-state index >= 15 is 0 Å². The summed E-state index contributed by atoms with van der Waals surface area (Å²) >= 11 is 6.34. The Bertz CT molecular complexity index is 1190. The van der Waals surface area contributed by atoms with Crippen LogP contribution in [0, 0.1) is 6.92 Å². The van der Waals surface area contributed by atoms with Gasteiger partial charge in [-0.15, -0.1) is 0 Å². The quantitative estimate of drug-likeness (QED) is 0.673. The van der Waals surface area contributed by atoms with Crippen LogP contribution in [0.15, 0.2) is 27.4 Å². The lowest BCUT2D eigenvalue weighted by atomic mass is 10.1. The van der Waals surface area contributed by atoms with Gasteiger partial charge in [-0.1, -0.05) is 18.5 Å². The van der Waals surface area contributed by atoms with Crippen LogP contribution in [0.5, 0.6) is 0 Å². The van der Waals surface area contributed by atoms with Gasteiger partial charge in [0, 0.05) is 17.9 Å². The number of amides is 2. The molecule has 8 heteroatoms. The van der Waals surface area contributed by atoms with Crippen LogP contribution in [0.3, 0.4) is 0 Å². The number of aryl methyl sites for hydroxylation is 2. The molecule has 0 aliphatic carbocycles. The van der Waals surface area contributed by atoms with Crippen LogP contribution >= 0.6 is 11.6 Å². The SMILES string of the molecule is CCc1oc2c(Cl)cc(-n3c(N)c4c(cc3=O)C(=O)NC4=O)cc2c1C. The van der Waals surface area contributed by atoms with E-state index in [9.17, 15) is 14.4 Å². The van der Waals surface area contributed by atoms with Crippen LogP contribution < -0.4 is 16.6 Å². The van der Waals surface area contributed by atoms with E-state index in [1.54, 1.807) is 12.1 Å². The maximum absolute atomic E-state index is 12.6. The molecular formula is C18H14ClN3O4. The normalized spacial score (nSPS) is 13.3. The van der Waals surface area contributed by atoms with Gasteiger partial charge in [-0.25, -0.2) is 0 Å². The van der Waals surface area contributed by atoms with E-state index in [1.165, 1.54) is 4.57 Å². The third-order valence-corrected chi connectivity index (χ3v) is 4.89. The molecule has 3 N–H and O–H groups in total. The predicted molar refractivity (Wildman–Crippen MR) is 97.1 cm³/mol. The minimum atomic E-state index is -0.632. The van der Waals surface area contributed by atoms with E-state index in [-0.39, 0.29) is 16.9 Å². The molecule has 4 rings (SSSR count). The predicted octanol–water partition coefficient (Wildman–Crippen LogP) is 2.57. The smallest absolute Gasteiger partial charge is 0.262 e. The zero-order chi connectivity index (χ0) is 18.7. The van der Waals surface area contributed by atoms with Gasteiger partial charge in [0.15, 0.2) is 5.58 Å². The number of nitrogens with two attached hydrogens (primary N) is 1. The summed E-state index contributed by atoms with van der Waals surface area (Å²) in [6.45, 7) is 3.88. The number of nitrogens with one attached hydrogen (secondary N) is 1. The molecule has 0 bridgehead atoms. The summed E-state index contributed by atoms with van der Waals surface area (Å²) in [7, 11) is 0. The van der Waals surface area contributed by atoms with Crippen LogP contribution in [0.4, 0.5) is 5.82 Å². The Balaban J connectivity index is 2.04. The van der Waals surface area contributed by atoms with Crippen molar-refractivity contribution in [2.75, 3.05) is 5.73 Å². The van der Waals surface area contributed by atoms with E-state index in [1.807, 2.05) is 13.8 Å². The minimum Gasteiger partial charge on any atom is -0.459 e. The third kappa shape index (κ3) is 2.10. The first kappa shape index (κ1) is 16.4. The number of nitrogen functional groups attached to an aromatic ring is 1. The van der Waals surface area contributed by atoms with Gasteiger partial charge in [-0.05, 0) is 24.6 Å². The number of hydrogen-bond acceptors (Lipinski definition) is 5. The van der Waals surface area contributed by atoms with Crippen molar-refractivity contribution in [3.05, 3.63) is 56.0 Å². The van der Waals surface area contributed by atoms with Gasteiger partial charge in [0.05, 0.1) is 21.8 Å². The average Bonchev–Trinajstić information content (AvgIpc) is 3.05. The maximum Gasteiger partial charge on any atom is 0.262 e. The Morgan fingerprint density at radius 2 is 1.92 bits per heavy atom. The Morgan fingerprint density at radius 1 is 1.19 bits per heavy atom. The molecule has 3 aromatic rings. The number of benzene rings is 1. The van der Waals surface area contributed by atoms with Crippen LogP contribution in [-0.4, -0.2) is 16.4 Å². The number of furan rings is 1. The highest BCUT2D eigenvalue weighted by molar-refractivity contribution is 6.35. The molecular weight excluding hydrogens is 358 g/mol. The second-order valence-corrected chi connectivity index (χ2v) is 6.49. The molecule has 1 aliphatic heterocycles. The van der Waals surface area contributed by atoms with Crippen molar-refractivity contribution in [1.29, 1.82) is 0 Å². The summed E-state index contributed by atoms with van der Waals surface area (Å²) in [5.41, 5.74) is 7.36. The first-order valence-electron chi connectivity index (χ1n) is 7.96. The molecule has 0 unspecified atom stereocenters. The van der Waals surface area contributed by atoms with Crippen molar-refractivity contribution >= 4 is 40.2 Å². The number of pyridine rings is 1. The summed E-state index contributed by atoms with van der Waals surface area (Å²) in [6, 6.07) is 4.38. The zero-order valence-electron chi connectivity index (χ0n) is 14.0. The summed E-state index contributed by atoms with van der Waals surface area (Å²) in [6.07, 6.45) is 0.704. The molecule has 2 amide bonds. The molecule has 0 saturated heterocycles. The number of anilines is 1. The highest BCUT2D eigenvalue weighted by atomic mass is 35.5. The van der Waals surface area contributed by atoms with E-state index in [4.69, 9.17) is 21.8 Å². The summed E-state index contributed by atoms with van der Waals surface area (Å²) in [4.78, 5) is 36.3. The van der Waals surface area contributed by atoms with E-state index in [0.29, 0.717) is 22.7 Å². The van der Waals surface area contributed by atoms with Crippen molar-refractivity contribution in [1.82, 2.24) is 9.88 Å². The molecule has 0 spiro atoms. The van der Waals surface area contributed by atoms with E-state index < -0.39 is 17.4 Å². The lowest BCUT2D eigenvalue weighted by Gasteiger charge is -2.12. The van der Waals surface area contributed by atoms with Crippen molar-refractivity contribution < 1.29 is 14.0 Å². The van der Waals surface area contributed by atoms with Crippen LogP contribution in [0.25, 0.3) is 16.7 Å². The van der Waals surface area contributed by atoms with Crippen LogP contribution in [0.1, 0.15) is 39.0 Å². The Morgan fingerprint density at radius 3 is 2.62 bits per heavy atom. The van der Waals surface area contributed by atoms with Gasteiger partial charge in [0.1, 0.15) is 11.6 Å². The van der Waals surface area contributed by atoms with Crippen molar-refractivity contribution in [3.63, 3.8) is 0 Å². The second-order valence-electron chi connectivity index (χ2n) is 6.08. The number of carbonyl (C=O) groups is 2. The molecule has 0 fully saturated rings. The van der Waals surface area contributed by atoms with Gasteiger partial charge in [-0.3, -0.25) is 24.3 Å². The number of fused-ring (bicyclic) bond motifs is 2. The Hall–Kier alpha value is -3.06. The molecule has 0 atom stereocenters. The van der Waals surface area contributed by atoms with Gasteiger partial charge in [0.25, 0.3) is 17.4 Å². The standard InChI is InChI=1S/C18H14ClN3O4/c1-3-12-7(2)9-4-8(5-11(19)15(9)26-12)22-13(23)6-10-14(16(22)20)18(25)21-17(10)24/h4-6H,3,20H2,1-2H3,(H,21,24,25). The topological polar surface area (TPSA) is 107 Å². The summed E-state index contributed by atoms with van der Waals surface area (Å²) in [5, 5.41) is 3.23. The fourth-order valence-electron chi connectivity index (χ4n) is 3.32. The molecule has 1 aliphatic rings. The second kappa shape index (κ2) is 5.47. The molecule has 2 aromatic heterocycles. The van der Waals surface area contributed by atoms with Crippen molar-refractivity contribution in [2.45, 2.75) is 20.3 Å². The van der Waals surface area contributed by atoms with Gasteiger partial charge in [0.2, 0.25) is 0 Å².